The van der Waals surface area contributed by atoms with Crippen LogP contribution < -0.4 is 4.90 Å². The van der Waals surface area contributed by atoms with Crippen molar-refractivity contribution in [2.24, 2.45) is 0 Å². The summed E-state index contributed by atoms with van der Waals surface area (Å²) in [4.78, 5) is 2.46. The number of nitrogens with zero attached hydrogens (tertiary/aromatic N) is 2. The van der Waals surface area contributed by atoms with Crippen molar-refractivity contribution in [3.8, 4) is 27.9 Å². The molecule has 1 aliphatic rings. The average molecular weight is 771 g/mol. The summed E-state index contributed by atoms with van der Waals surface area (Å²) < 4.78 is 2.39. The highest BCUT2D eigenvalue weighted by atomic mass is 15.1. The van der Waals surface area contributed by atoms with Gasteiger partial charge in [0.2, 0.25) is 0 Å². The van der Waals surface area contributed by atoms with Gasteiger partial charge in [-0.05, 0) is 106 Å². The van der Waals surface area contributed by atoms with Crippen molar-refractivity contribution in [3.63, 3.8) is 0 Å². The highest BCUT2D eigenvalue weighted by molar-refractivity contribution is 6.15. The minimum Gasteiger partial charge on any atom is -0.310 e. The average Bonchev–Trinajstić information content (AvgIpc) is 3.77. The molecule has 1 aromatic heterocycles. The van der Waals surface area contributed by atoms with Gasteiger partial charge in [0.15, 0.2) is 0 Å². The lowest BCUT2D eigenvalue weighted by molar-refractivity contribution is 0.660. The first kappa shape index (κ1) is 36.9. The fourth-order valence-corrected chi connectivity index (χ4v) is 9.33. The van der Waals surface area contributed by atoms with Crippen LogP contribution in [0.5, 0.6) is 0 Å². The lowest BCUT2D eigenvalue weighted by atomic mass is 9.82. The molecule has 1 aliphatic carbocycles. The van der Waals surface area contributed by atoms with E-state index in [9.17, 15) is 0 Å². The molecule has 1 heterocycles. The number of aromatic nitrogens is 1. The first-order valence-corrected chi connectivity index (χ1v) is 20.9. The minimum absolute atomic E-state index is 0.139. The van der Waals surface area contributed by atoms with Crippen LogP contribution in [0.1, 0.15) is 43.0 Å². The van der Waals surface area contributed by atoms with Gasteiger partial charge in [-0.3, -0.25) is 0 Å². The Morgan fingerprint density at radius 2 is 1.15 bits per heavy atom. The maximum absolute atomic E-state index is 2.46. The second-order valence-electron chi connectivity index (χ2n) is 16.1. The predicted octanol–water partition coefficient (Wildman–Crippen LogP) is 15.6. The van der Waals surface area contributed by atoms with Gasteiger partial charge in [0.1, 0.15) is 0 Å². The molecule has 0 spiro atoms. The normalized spacial score (nSPS) is 13.5. The van der Waals surface area contributed by atoms with Gasteiger partial charge < -0.3 is 9.47 Å². The zero-order valence-corrected chi connectivity index (χ0v) is 34.3. The molecule has 0 atom stereocenters. The Morgan fingerprint density at radius 3 is 1.92 bits per heavy atom. The van der Waals surface area contributed by atoms with Crippen LogP contribution >= 0.6 is 0 Å². The molecule has 10 rings (SSSR count). The van der Waals surface area contributed by atoms with Crippen molar-refractivity contribution in [3.05, 3.63) is 246 Å². The van der Waals surface area contributed by atoms with E-state index < -0.39 is 0 Å². The van der Waals surface area contributed by atoms with Crippen molar-refractivity contribution in [2.45, 2.75) is 26.2 Å². The Balaban J connectivity index is 1.18. The van der Waals surface area contributed by atoms with Crippen molar-refractivity contribution in [1.29, 1.82) is 0 Å². The Hall–Kier alpha value is -7.42. The molecule has 8 aromatic carbocycles. The number of anilines is 2. The van der Waals surface area contributed by atoms with Crippen molar-refractivity contribution < 1.29 is 0 Å². The minimum atomic E-state index is -0.139. The summed E-state index contributed by atoms with van der Waals surface area (Å²) >= 11 is 0. The van der Waals surface area contributed by atoms with Crippen LogP contribution in [0.25, 0.3) is 61.4 Å². The van der Waals surface area contributed by atoms with Crippen molar-refractivity contribution in [2.75, 3.05) is 4.90 Å². The summed E-state index contributed by atoms with van der Waals surface area (Å²) in [5.41, 5.74) is 17.9. The van der Waals surface area contributed by atoms with Gasteiger partial charge in [-0.1, -0.05) is 184 Å². The number of para-hydroxylation sites is 2. The van der Waals surface area contributed by atoms with Crippen LogP contribution in [0.15, 0.2) is 224 Å². The summed E-state index contributed by atoms with van der Waals surface area (Å²) in [6.07, 6.45) is 9.05. The monoisotopic (exact) mass is 770 g/mol. The molecule has 288 valence electrons. The molecule has 0 saturated carbocycles. The fraction of sp³-hybridized carbons (Fsp3) is 0.0690. The van der Waals surface area contributed by atoms with Crippen molar-refractivity contribution >= 4 is 44.8 Å². The van der Waals surface area contributed by atoms with Gasteiger partial charge in [-0.25, -0.2) is 0 Å². The molecule has 0 bridgehead atoms. The highest BCUT2D eigenvalue weighted by Gasteiger charge is 2.37. The highest BCUT2D eigenvalue weighted by Crippen LogP contribution is 2.53. The third-order valence-corrected chi connectivity index (χ3v) is 12.2. The van der Waals surface area contributed by atoms with Gasteiger partial charge in [-0.15, -0.1) is 0 Å². The first-order valence-electron chi connectivity index (χ1n) is 20.9. The Labute approximate surface area is 353 Å². The summed E-state index contributed by atoms with van der Waals surface area (Å²) in [7, 11) is 0. The molecular weight excluding hydrogens is 725 g/mol. The van der Waals surface area contributed by atoms with E-state index in [0.717, 1.165) is 33.9 Å². The molecule has 2 nitrogen and oxygen atoms in total. The molecular formula is C58H46N2. The Morgan fingerprint density at radius 1 is 0.533 bits per heavy atom. The number of rotatable bonds is 9. The SMILES string of the molecule is C/C=C(\C=C/C(=Cc1ccccc1)N(c1ccc(-c2cccc3c2c2ccccc2n3-c2ccccc2)cc1)c1cccc2c1-c1ccccc1C2(C)C)c1ccccc1. The smallest absolute Gasteiger partial charge is 0.0547 e. The molecule has 2 heteroatoms. The third kappa shape index (κ3) is 6.38. The summed E-state index contributed by atoms with van der Waals surface area (Å²) in [6, 6.07) is 72.5. The van der Waals surface area contributed by atoms with Crippen LogP contribution in [-0.4, -0.2) is 4.57 Å². The van der Waals surface area contributed by atoms with E-state index in [4.69, 9.17) is 0 Å². The predicted molar refractivity (Wildman–Crippen MR) is 256 cm³/mol. The topological polar surface area (TPSA) is 8.17 Å². The molecule has 0 radical (unpaired) electrons. The van der Waals surface area contributed by atoms with Crippen LogP contribution in [-0.2, 0) is 5.41 Å². The molecule has 0 amide bonds. The third-order valence-electron chi connectivity index (χ3n) is 12.2. The van der Waals surface area contributed by atoms with E-state index in [1.165, 1.54) is 60.8 Å². The molecule has 0 saturated heterocycles. The summed E-state index contributed by atoms with van der Waals surface area (Å²) in [6.45, 7) is 6.83. The number of fused-ring (bicyclic) bond motifs is 6. The quantitative estimate of drug-likeness (QED) is 0.133. The van der Waals surface area contributed by atoms with E-state index in [2.05, 4.69) is 255 Å². The lowest BCUT2D eigenvalue weighted by Crippen LogP contribution is -2.18. The van der Waals surface area contributed by atoms with Crippen molar-refractivity contribution in [1.82, 2.24) is 4.57 Å². The maximum Gasteiger partial charge on any atom is 0.0547 e. The first-order chi connectivity index (χ1) is 29.5. The van der Waals surface area contributed by atoms with E-state index in [-0.39, 0.29) is 5.41 Å². The van der Waals surface area contributed by atoms with E-state index in [0.29, 0.717) is 0 Å². The van der Waals surface area contributed by atoms with Crippen LogP contribution in [0.3, 0.4) is 0 Å². The standard InChI is InChI=1S/C58H46N2/c1-4-42(43-22-10-6-11-23-43)34-39-47(40-41-20-8-5-9-21-41)59(55-33-19-30-52-57(55)49-26-14-16-29-51(49)58(52,2)3)46-37-35-44(36-38-46)48-28-18-32-54-56(48)50-27-15-17-31-53(50)60(54)45-24-12-7-13-25-45/h4-40H,1-3H3/b39-34-,42-4+,47-40?. The summed E-state index contributed by atoms with van der Waals surface area (Å²) in [5, 5.41) is 2.50. The van der Waals surface area contributed by atoms with Gasteiger partial charge in [-0.2, -0.15) is 0 Å². The van der Waals surface area contributed by atoms with Gasteiger partial charge in [0, 0.05) is 38.8 Å². The molecule has 0 N–H and O–H groups in total. The molecule has 9 aromatic rings. The van der Waals surface area contributed by atoms with E-state index in [1.54, 1.807) is 0 Å². The molecule has 0 aliphatic heterocycles. The second kappa shape index (κ2) is 15.4. The Bertz CT molecular complexity index is 3090. The fourth-order valence-electron chi connectivity index (χ4n) is 9.33. The molecule has 0 unspecified atom stereocenters. The lowest BCUT2D eigenvalue weighted by Gasteiger charge is -2.30. The number of hydrogen-bond donors (Lipinski definition) is 0. The maximum atomic E-state index is 2.46. The number of benzene rings is 8. The van der Waals surface area contributed by atoms with Crippen LogP contribution in [0.2, 0.25) is 0 Å². The zero-order valence-electron chi connectivity index (χ0n) is 34.3. The van der Waals surface area contributed by atoms with E-state index >= 15 is 0 Å². The summed E-state index contributed by atoms with van der Waals surface area (Å²) in [5.74, 6) is 0. The van der Waals surface area contributed by atoms with Gasteiger partial charge in [0.05, 0.1) is 16.7 Å². The number of hydrogen-bond acceptors (Lipinski definition) is 1. The zero-order chi connectivity index (χ0) is 40.6. The largest absolute Gasteiger partial charge is 0.310 e. The van der Waals surface area contributed by atoms with Crippen LogP contribution in [0, 0.1) is 0 Å². The van der Waals surface area contributed by atoms with Crippen LogP contribution in [0.4, 0.5) is 11.4 Å². The van der Waals surface area contributed by atoms with E-state index in [1.807, 2.05) is 0 Å². The Kier molecular flexibility index (Phi) is 9.47. The molecule has 0 fully saturated rings. The van der Waals surface area contributed by atoms with Gasteiger partial charge >= 0.3 is 0 Å². The second-order valence-corrected chi connectivity index (χ2v) is 16.1. The van der Waals surface area contributed by atoms with Gasteiger partial charge in [0.25, 0.3) is 0 Å². The number of allylic oxidation sites excluding steroid dienone is 4. The molecule has 60 heavy (non-hydrogen) atoms.